The van der Waals surface area contributed by atoms with Gasteiger partial charge < -0.3 is 14.0 Å². The fourth-order valence-corrected chi connectivity index (χ4v) is 3.36. The minimum absolute atomic E-state index is 0.172. The predicted octanol–water partition coefficient (Wildman–Crippen LogP) is 5.56. The summed E-state index contributed by atoms with van der Waals surface area (Å²) >= 11 is 0. The van der Waals surface area contributed by atoms with Gasteiger partial charge in [0.15, 0.2) is 11.9 Å². The molecule has 28 heavy (non-hydrogen) atoms. The minimum atomic E-state index is -0.172. The number of imidazole rings is 1. The zero-order chi connectivity index (χ0) is 19.3. The number of benzene rings is 3. The molecule has 1 aromatic heterocycles. The van der Waals surface area contributed by atoms with Gasteiger partial charge in [-0.3, -0.25) is 0 Å². The molecule has 0 radical (unpaired) electrons. The van der Waals surface area contributed by atoms with Crippen LogP contribution in [0.1, 0.15) is 24.4 Å². The Balaban J connectivity index is 1.56. The highest BCUT2D eigenvalue weighted by Crippen LogP contribution is 2.25. The van der Waals surface area contributed by atoms with Crippen molar-refractivity contribution in [2.24, 2.45) is 0 Å². The largest absolute Gasteiger partial charge is 0.492 e. The summed E-state index contributed by atoms with van der Waals surface area (Å²) in [4.78, 5) is 4.83. The van der Waals surface area contributed by atoms with Crippen molar-refractivity contribution < 1.29 is 9.47 Å². The van der Waals surface area contributed by atoms with Crippen LogP contribution in [-0.2, 0) is 6.54 Å². The molecule has 0 saturated carbocycles. The lowest BCUT2D eigenvalue weighted by Crippen LogP contribution is -2.15. The third-order valence-corrected chi connectivity index (χ3v) is 4.68. The molecule has 142 valence electrons. The van der Waals surface area contributed by atoms with Crippen LogP contribution in [0.25, 0.3) is 11.0 Å². The highest BCUT2D eigenvalue weighted by atomic mass is 16.5. The van der Waals surface area contributed by atoms with Gasteiger partial charge in [0.2, 0.25) is 0 Å². The van der Waals surface area contributed by atoms with Crippen LogP contribution in [0.3, 0.4) is 0 Å². The van der Waals surface area contributed by atoms with Crippen LogP contribution in [0.4, 0.5) is 0 Å². The molecular formula is C24H24N2O2. The van der Waals surface area contributed by atoms with Gasteiger partial charge in [0, 0.05) is 0 Å². The number of hydrogen-bond donors (Lipinski definition) is 0. The first kappa shape index (κ1) is 18.1. The summed E-state index contributed by atoms with van der Waals surface area (Å²) in [5.41, 5.74) is 3.25. The molecule has 0 aliphatic heterocycles. The molecule has 0 N–H and O–H groups in total. The molecule has 0 spiro atoms. The maximum atomic E-state index is 6.13. The topological polar surface area (TPSA) is 36.3 Å². The van der Waals surface area contributed by atoms with E-state index in [-0.39, 0.29) is 6.10 Å². The number of rotatable bonds is 7. The molecule has 0 saturated heterocycles. The molecule has 0 amide bonds. The third kappa shape index (κ3) is 4.01. The molecule has 4 rings (SSSR count). The summed E-state index contributed by atoms with van der Waals surface area (Å²) in [5, 5.41) is 0. The van der Waals surface area contributed by atoms with Crippen LogP contribution in [0, 0.1) is 6.92 Å². The van der Waals surface area contributed by atoms with Crippen LogP contribution in [0.15, 0.2) is 78.9 Å². The highest BCUT2D eigenvalue weighted by Gasteiger charge is 2.18. The number of aromatic nitrogens is 2. The van der Waals surface area contributed by atoms with Crippen molar-refractivity contribution >= 4 is 11.0 Å². The Bertz CT molecular complexity index is 1060. The summed E-state index contributed by atoms with van der Waals surface area (Å²) in [6.45, 7) is 5.37. The predicted molar refractivity (Wildman–Crippen MR) is 112 cm³/mol. The Labute approximate surface area is 165 Å². The standard InChI is InChI=1S/C24H24N2O2/c1-18-9-8-12-21(17-18)27-16-15-26-23-14-7-6-13-22(23)25-24(26)19(2)28-20-10-4-3-5-11-20/h3-14,17,19H,15-16H2,1-2H3. The molecule has 0 fully saturated rings. The first-order valence-electron chi connectivity index (χ1n) is 9.57. The van der Waals surface area contributed by atoms with Crippen molar-refractivity contribution in [2.75, 3.05) is 6.61 Å². The number of nitrogens with zero attached hydrogens (tertiary/aromatic N) is 2. The van der Waals surface area contributed by atoms with E-state index in [9.17, 15) is 0 Å². The van der Waals surface area contributed by atoms with E-state index in [1.54, 1.807) is 0 Å². The average Bonchev–Trinajstić information content (AvgIpc) is 3.08. The number of hydrogen-bond acceptors (Lipinski definition) is 3. The summed E-state index contributed by atoms with van der Waals surface area (Å²) in [6.07, 6.45) is -0.172. The summed E-state index contributed by atoms with van der Waals surface area (Å²) in [5.74, 6) is 2.63. The molecular weight excluding hydrogens is 348 g/mol. The van der Waals surface area contributed by atoms with Crippen LogP contribution < -0.4 is 9.47 Å². The van der Waals surface area contributed by atoms with E-state index in [2.05, 4.69) is 23.6 Å². The Morgan fingerprint density at radius 3 is 2.46 bits per heavy atom. The van der Waals surface area contributed by atoms with Crippen molar-refractivity contribution in [1.29, 1.82) is 0 Å². The van der Waals surface area contributed by atoms with Crippen molar-refractivity contribution in [3.8, 4) is 11.5 Å². The van der Waals surface area contributed by atoms with Crippen LogP contribution in [-0.4, -0.2) is 16.2 Å². The number of ether oxygens (including phenoxy) is 2. The minimum Gasteiger partial charge on any atom is -0.492 e. The van der Waals surface area contributed by atoms with Gasteiger partial charge in [-0.25, -0.2) is 4.98 Å². The lowest BCUT2D eigenvalue weighted by atomic mass is 10.2. The van der Waals surface area contributed by atoms with Gasteiger partial charge in [0.25, 0.3) is 0 Å². The quantitative estimate of drug-likeness (QED) is 0.426. The summed E-state index contributed by atoms with van der Waals surface area (Å²) < 4.78 is 14.3. The van der Waals surface area contributed by atoms with Gasteiger partial charge in [0.1, 0.15) is 18.1 Å². The molecule has 1 heterocycles. The SMILES string of the molecule is Cc1cccc(OCCn2c(C(C)Oc3ccccc3)nc3ccccc32)c1. The second-order valence-corrected chi connectivity index (χ2v) is 6.85. The van der Waals surface area contributed by atoms with E-state index in [1.165, 1.54) is 5.56 Å². The van der Waals surface area contributed by atoms with E-state index < -0.39 is 0 Å². The van der Waals surface area contributed by atoms with Crippen molar-refractivity contribution in [3.63, 3.8) is 0 Å². The Hall–Kier alpha value is -3.27. The van der Waals surface area contributed by atoms with Crippen molar-refractivity contribution in [1.82, 2.24) is 9.55 Å². The number of fused-ring (bicyclic) bond motifs is 1. The lowest BCUT2D eigenvalue weighted by molar-refractivity contribution is 0.207. The average molecular weight is 372 g/mol. The molecule has 4 nitrogen and oxygen atoms in total. The fraction of sp³-hybridized carbons (Fsp3) is 0.208. The van der Waals surface area contributed by atoms with E-state index in [0.29, 0.717) is 13.2 Å². The van der Waals surface area contributed by atoms with Crippen LogP contribution >= 0.6 is 0 Å². The third-order valence-electron chi connectivity index (χ3n) is 4.68. The van der Waals surface area contributed by atoms with E-state index in [0.717, 1.165) is 28.4 Å². The summed E-state index contributed by atoms with van der Waals surface area (Å²) in [7, 11) is 0. The molecule has 4 aromatic rings. The molecule has 1 atom stereocenters. The van der Waals surface area contributed by atoms with Gasteiger partial charge in [-0.05, 0) is 55.8 Å². The first-order chi connectivity index (χ1) is 13.7. The first-order valence-corrected chi connectivity index (χ1v) is 9.57. The zero-order valence-corrected chi connectivity index (χ0v) is 16.2. The number of aryl methyl sites for hydroxylation is 1. The zero-order valence-electron chi connectivity index (χ0n) is 16.2. The lowest BCUT2D eigenvalue weighted by Gasteiger charge is -2.17. The fourth-order valence-electron chi connectivity index (χ4n) is 3.36. The second-order valence-electron chi connectivity index (χ2n) is 6.85. The monoisotopic (exact) mass is 372 g/mol. The molecule has 1 unspecified atom stereocenters. The van der Waals surface area contributed by atoms with Crippen molar-refractivity contribution in [2.45, 2.75) is 26.5 Å². The molecule has 3 aromatic carbocycles. The van der Waals surface area contributed by atoms with Gasteiger partial charge in [-0.15, -0.1) is 0 Å². The van der Waals surface area contributed by atoms with Crippen LogP contribution in [0.5, 0.6) is 11.5 Å². The maximum absolute atomic E-state index is 6.13. The van der Waals surface area contributed by atoms with Gasteiger partial charge in [0.05, 0.1) is 17.6 Å². The van der Waals surface area contributed by atoms with Gasteiger partial charge in [-0.1, -0.05) is 42.5 Å². The van der Waals surface area contributed by atoms with E-state index >= 15 is 0 Å². The second kappa shape index (κ2) is 8.17. The molecule has 4 heteroatoms. The van der Waals surface area contributed by atoms with E-state index in [1.807, 2.05) is 73.7 Å². The highest BCUT2D eigenvalue weighted by molar-refractivity contribution is 5.76. The Morgan fingerprint density at radius 1 is 0.893 bits per heavy atom. The maximum Gasteiger partial charge on any atom is 0.153 e. The van der Waals surface area contributed by atoms with Crippen molar-refractivity contribution in [3.05, 3.63) is 90.3 Å². The summed E-state index contributed by atoms with van der Waals surface area (Å²) in [6, 6.07) is 26.1. The van der Waals surface area contributed by atoms with Gasteiger partial charge in [-0.2, -0.15) is 0 Å². The van der Waals surface area contributed by atoms with E-state index in [4.69, 9.17) is 14.5 Å². The molecule has 0 aliphatic carbocycles. The Morgan fingerprint density at radius 2 is 1.64 bits per heavy atom. The molecule has 0 aliphatic rings. The molecule has 0 bridgehead atoms. The van der Waals surface area contributed by atoms with Crippen LogP contribution in [0.2, 0.25) is 0 Å². The number of para-hydroxylation sites is 3. The Kier molecular flexibility index (Phi) is 5.29. The normalized spacial score (nSPS) is 12.1. The van der Waals surface area contributed by atoms with Gasteiger partial charge >= 0.3 is 0 Å². The smallest absolute Gasteiger partial charge is 0.153 e.